The van der Waals surface area contributed by atoms with E-state index in [-0.39, 0.29) is 0 Å². The molecule has 0 spiro atoms. The van der Waals surface area contributed by atoms with Gasteiger partial charge in [0.1, 0.15) is 0 Å². The summed E-state index contributed by atoms with van der Waals surface area (Å²) in [6.45, 7) is 9.11. The number of nitrogens with one attached hydrogen (secondary N) is 2. The first-order chi connectivity index (χ1) is 10.2. The highest BCUT2D eigenvalue weighted by Crippen LogP contribution is 2.13. The van der Waals surface area contributed by atoms with E-state index in [2.05, 4.69) is 51.4 Å². The summed E-state index contributed by atoms with van der Waals surface area (Å²) >= 11 is 0. The summed E-state index contributed by atoms with van der Waals surface area (Å²) in [6, 6.07) is 4.21. The summed E-state index contributed by atoms with van der Waals surface area (Å²) in [4.78, 5) is 4.25. The van der Waals surface area contributed by atoms with Gasteiger partial charge in [0, 0.05) is 25.3 Å². The smallest absolute Gasteiger partial charge is 0.0596 e. The van der Waals surface area contributed by atoms with Crippen LogP contribution in [0.2, 0.25) is 0 Å². The van der Waals surface area contributed by atoms with Crippen LogP contribution in [-0.2, 0) is 6.54 Å². The third-order valence-corrected chi connectivity index (χ3v) is 3.30. The second kappa shape index (κ2) is 7.67. The number of pyridine rings is 1. The van der Waals surface area contributed by atoms with Crippen molar-refractivity contribution in [3.8, 4) is 0 Å². The lowest BCUT2D eigenvalue weighted by atomic mass is 10.3. The minimum absolute atomic E-state index is 0.914. The van der Waals surface area contributed by atoms with E-state index >= 15 is 0 Å². The van der Waals surface area contributed by atoms with Gasteiger partial charge in [-0.05, 0) is 38.8 Å². The van der Waals surface area contributed by atoms with Crippen LogP contribution in [0.25, 0.3) is 0 Å². The predicted octanol–water partition coefficient (Wildman–Crippen LogP) is 3.22. The SMILES string of the molecule is CCCNc1cncc(NCCCn2nc(C)cc2C)c1. The molecule has 0 aliphatic heterocycles. The summed E-state index contributed by atoms with van der Waals surface area (Å²) < 4.78 is 2.06. The van der Waals surface area contributed by atoms with Crippen LogP contribution < -0.4 is 10.6 Å². The maximum Gasteiger partial charge on any atom is 0.0596 e. The van der Waals surface area contributed by atoms with Gasteiger partial charge in [0.2, 0.25) is 0 Å². The van der Waals surface area contributed by atoms with Gasteiger partial charge < -0.3 is 10.6 Å². The Morgan fingerprint density at radius 1 is 1.05 bits per heavy atom. The van der Waals surface area contributed by atoms with Crippen LogP contribution in [0.15, 0.2) is 24.5 Å². The molecule has 0 fully saturated rings. The summed E-state index contributed by atoms with van der Waals surface area (Å²) in [5.74, 6) is 0. The molecule has 2 aromatic rings. The fourth-order valence-corrected chi connectivity index (χ4v) is 2.27. The highest BCUT2D eigenvalue weighted by molar-refractivity contribution is 5.53. The maximum absolute atomic E-state index is 4.47. The van der Waals surface area contributed by atoms with Gasteiger partial charge in [-0.25, -0.2) is 0 Å². The first-order valence-corrected chi connectivity index (χ1v) is 7.63. The van der Waals surface area contributed by atoms with Crippen molar-refractivity contribution in [3.05, 3.63) is 35.9 Å². The third-order valence-electron chi connectivity index (χ3n) is 3.30. The number of rotatable bonds is 8. The lowest BCUT2D eigenvalue weighted by molar-refractivity contribution is 0.574. The van der Waals surface area contributed by atoms with Gasteiger partial charge in [0.15, 0.2) is 0 Å². The standard InChI is InChI=1S/C16H25N5/c1-4-6-18-15-10-16(12-17-11-15)19-7-5-8-21-14(3)9-13(2)20-21/h9-12,18-19H,4-8H2,1-3H3. The van der Waals surface area contributed by atoms with E-state index in [0.29, 0.717) is 0 Å². The molecule has 0 unspecified atom stereocenters. The lowest BCUT2D eigenvalue weighted by Gasteiger charge is -2.09. The quantitative estimate of drug-likeness (QED) is 0.732. The number of hydrogen-bond acceptors (Lipinski definition) is 4. The van der Waals surface area contributed by atoms with Crippen molar-refractivity contribution in [2.45, 2.75) is 40.2 Å². The molecule has 0 saturated carbocycles. The van der Waals surface area contributed by atoms with Crippen LogP contribution in [0.4, 0.5) is 11.4 Å². The van der Waals surface area contributed by atoms with Crippen molar-refractivity contribution < 1.29 is 0 Å². The van der Waals surface area contributed by atoms with E-state index in [4.69, 9.17) is 0 Å². The van der Waals surface area contributed by atoms with Crippen molar-refractivity contribution in [3.63, 3.8) is 0 Å². The van der Waals surface area contributed by atoms with Gasteiger partial charge in [-0.3, -0.25) is 9.67 Å². The molecule has 0 atom stereocenters. The number of nitrogens with zero attached hydrogens (tertiary/aromatic N) is 3. The zero-order chi connectivity index (χ0) is 15.1. The second-order valence-corrected chi connectivity index (χ2v) is 5.32. The Balaban J connectivity index is 1.76. The largest absolute Gasteiger partial charge is 0.384 e. The maximum atomic E-state index is 4.47. The van der Waals surface area contributed by atoms with Crippen molar-refractivity contribution in [2.75, 3.05) is 23.7 Å². The summed E-state index contributed by atoms with van der Waals surface area (Å²) in [5, 5.41) is 11.2. The van der Waals surface area contributed by atoms with E-state index < -0.39 is 0 Å². The molecule has 0 aliphatic rings. The molecule has 114 valence electrons. The van der Waals surface area contributed by atoms with Gasteiger partial charge in [-0.1, -0.05) is 6.92 Å². The predicted molar refractivity (Wildman–Crippen MR) is 87.8 cm³/mol. The first kappa shape index (κ1) is 15.4. The van der Waals surface area contributed by atoms with Crippen LogP contribution in [-0.4, -0.2) is 27.9 Å². The normalized spacial score (nSPS) is 10.6. The zero-order valence-corrected chi connectivity index (χ0v) is 13.2. The molecular formula is C16H25N5. The number of aromatic nitrogens is 3. The molecular weight excluding hydrogens is 262 g/mol. The van der Waals surface area contributed by atoms with Crippen molar-refractivity contribution in [1.82, 2.24) is 14.8 Å². The Hall–Kier alpha value is -2.04. The molecule has 0 aromatic carbocycles. The Labute approximate surface area is 126 Å². The molecule has 2 N–H and O–H groups in total. The van der Waals surface area contributed by atoms with Gasteiger partial charge in [-0.2, -0.15) is 5.10 Å². The molecule has 2 aromatic heterocycles. The van der Waals surface area contributed by atoms with Crippen molar-refractivity contribution in [1.29, 1.82) is 0 Å². The van der Waals surface area contributed by atoms with Crippen LogP contribution in [0.5, 0.6) is 0 Å². The Morgan fingerprint density at radius 3 is 2.38 bits per heavy atom. The molecule has 2 heterocycles. The molecule has 2 rings (SSSR count). The van der Waals surface area contributed by atoms with E-state index in [1.165, 1.54) is 5.69 Å². The number of anilines is 2. The van der Waals surface area contributed by atoms with Gasteiger partial charge >= 0.3 is 0 Å². The fraction of sp³-hybridized carbons (Fsp3) is 0.500. The Morgan fingerprint density at radius 2 is 1.76 bits per heavy atom. The second-order valence-electron chi connectivity index (χ2n) is 5.32. The summed E-state index contributed by atoms with van der Waals surface area (Å²) in [5.41, 5.74) is 4.43. The van der Waals surface area contributed by atoms with Gasteiger partial charge in [0.05, 0.1) is 29.5 Å². The van der Waals surface area contributed by atoms with Gasteiger partial charge in [0.25, 0.3) is 0 Å². The van der Waals surface area contributed by atoms with Crippen molar-refractivity contribution in [2.24, 2.45) is 0 Å². The monoisotopic (exact) mass is 287 g/mol. The molecule has 0 saturated heterocycles. The zero-order valence-electron chi connectivity index (χ0n) is 13.2. The fourth-order valence-electron chi connectivity index (χ4n) is 2.27. The van der Waals surface area contributed by atoms with Crippen LogP contribution >= 0.6 is 0 Å². The minimum Gasteiger partial charge on any atom is -0.384 e. The van der Waals surface area contributed by atoms with E-state index in [0.717, 1.165) is 49.5 Å². The highest BCUT2D eigenvalue weighted by atomic mass is 15.3. The molecule has 21 heavy (non-hydrogen) atoms. The number of hydrogen-bond donors (Lipinski definition) is 2. The third kappa shape index (κ3) is 4.77. The minimum atomic E-state index is 0.914. The molecule has 0 amide bonds. The number of aryl methyl sites for hydroxylation is 3. The molecule has 0 aliphatic carbocycles. The first-order valence-electron chi connectivity index (χ1n) is 7.63. The van der Waals surface area contributed by atoms with Crippen LogP contribution in [0.1, 0.15) is 31.2 Å². The summed E-state index contributed by atoms with van der Waals surface area (Å²) in [7, 11) is 0. The van der Waals surface area contributed by atoms with Gasteiger partial charge in [-0.15, -0.1) is 0 Å². The molecule has 0 radical (unpaired) electrons. The molecule has 5 heteroatoms. The van der Waals surface area contributed by atoms with E-state index in [1.807, 2.05) is 19.3 Å². The van der Waals surface area contributed by atoms with E-state index in [1.54, 1.807) is 0 Å². The Bertz CT molecular complexity index is 562. The van der Waals surface area contributed by atoms with Crippen molar-refractivity contribution >= 4 is 11.4 Å². The average molecular weight is 287 g/mol. The molecule has 0 bridgehead atoms. The topological polar surface area (TPSA) is 54.8 Å². The van der Waals surface area contributed by atoms with E-state index in [9.17, 15) is 0 Å². The van der Waals surface area contributed by atoms with Crippen LogP contribution in [0, 0.1) is 13.8 Å². The lowest BCUT2D eigenvalue weighted by Crippen LogP contribution is -2.09. The summed E-state index contributed by atoms with van der Waals surface area (Å²) in [6.07, 6.45) is 5.87. The average Bonchev–Trinajstić information content (AvgIpc) is 2.80. The molecule has 5 nitrogen and oxygen atoms in total. The highest BCUT2D eigenvalue weighted by Gasteiger charge is 2.00. The van der Waals surface area contributed by atoms with Crippen LogP contribution in [0.3, 0.4) is 0 Å². The Kier molecular flexibility index (Phi) is 5.60.